The van der Waals surface area contributed by atoms with Gasteiger partial charge in [-0.1, -0.05) is 48.5 Å². The van der Waals surface area contributed by atoms with Crippen molar-refractivity contribution in [3.63, 3.8) is 0 Å². The molecule has 29 heavy (non-hydrogen) atoms. The number of hydrazone groups is 1. The molecule has 0 saturated heterocycles. The van der Waals surface area contributed by atoms with Crippen molar-refractivity contribution in [1.29, 1.82) is 0 Å². The summed E-state index contributed by atoms with van der Waals surface area (Å²) in [5, 5.41) is 4.15. The molecule has 0 fully saturated rings. The zero-order valence-electron chi connectivity index (χ0n) is 15.9. The minimum Gasteiger partial charge on any atom is -0.483 e. The quantitative estimate of drug-likeness (QED) is 0.512. The van der Waals surface area contributed by atoms with E-state index in [-0.39, 0.29) is 19.3 Å². The van der Waals surface area contributed by atoms with Crippen LogP contribution in [0.5, 0.6) is 17.2 Å². The first-order valence-corrected chi connectivity index (χ1v) is 9.21. The number of ether oxygens (including phenoxy) is 3. The van der Waals surface area contributed by atoms with E-state index in [1.807, 2.05) is 79.7 Å². The molecule has 0 radical (unpaired) electrons. The van der Waals surface area contributed by atoms with Crippen molar-refractivity contribution in [2.75, 3.05) is 13.4 Å². The standard InChI is InChI=1S/C23H20N2O4/c1-16(18-11-12-21-22(13-18)29-15-28-21)24-25-23(26)14-27-20-10-6-5-9-19(20)17-7-3-2-4-8-17/h2-13H,14-15H2,1H3,(H,25,26)/b24-16-. The first-order chi connectivity index (χ1) is 14.2. The molecule has 0 aliphatic carbocycles. The van der Waals surface area contributed by atoms with Crippen molar-refractivity contribution in [3.8, 4) is 28.4 Å². The van der Waals surface area contributed by atoms with Gasteiger partial charge in [0.1, 0.15) is 5.75 Å². The number of nitrogens with one attached hydrogen (secondary N) is 1. The summed E-state index contributed by atoms with van der Waals surface area (Å²) in [6.07, 6.45) is 0. The monoisotopic (exact) mass is 388 g/mol. The van der Waals surface area contributed by atoms with E-state index in [0.29, 0.717) is 23.0 Å². The second-order valence-electron chi connectivity index (χ2n) is 6.45. The zero-order chi connectivity index (χ0) is 20.1. The van der Waals surface area contributed by atoms with Crippen LogP contribution in [0.15, 0.2) is 77.9 Å². The molecule has 0 aromatic heterocycles. The Labute approximate surface area is 168 Å². The maximum Gasteiger partial charge on any atom is 0.277 e. The van der Waals surface area contributed by atoms with Crippen LogP contribution >= 0.6 is 0 Å². The summed E-state index contributed by atoms with van der Waals surface area (Å²) in [6, 6.07) is 23.0. The van der Waals surface area contributed by atoms with Crippen LogP contribution in [0.25, 0.3) is 11.1 Å². The highest BCUT2D eigenvalue weighted by Crippen LogP contribution is 2.32. The second kappa shape index (κ2) is 8.48. The normalized spacial score (nSPS) is 12.5. The van der Waals surface area contributed by atoms with E-state index >= 15 is 0 Å². The highest BCUT2D eigenvalue weighted by atomic mass is 16.7. The molecule has 1 aliphatic heterocycles. The minimum atomic E-state index is -0.340. The molecule has 0 unspecified atom stereocenters. The molecule has 6 nitrogen and oxygen atoms in total. The highest BCUT2D eigenvalue weighted by Gasteiger charge is 2.14. The molecule has 0 bridgehead atoms. The van der Waals surface area contributed by atoms with Gasteiger partial charge in [0.05, 0.1) is 5.71 Å². The van der Waals surface area contributed by atoms with Gasteiger partial charge in [0.15, 0.2) is 18.1 Å². The number of carbonyl (C=O) groups is 1. The molecule has 1 aliphatic rings. The Morgan fingerprint density at radius 1 is 1.00 bits per heavy atom. The van der Waals surface area contributed by atoms with Crippen LogP contribution in [0.4, 0.5) is 0 Å². The number of carbonyl (C=O) groups excluding carboxylic acids is 1. The van der Waals surface area contributed by atoms with Crippen molar-refractivity contribution in [3.05, 3.63) is 78.4 Å². The average Bonchev–Trinajstić information content (AvgIpc) is 3.25. The van der Waals surface area contributed by atoms with Crippen LogP contribution in [-0.4, -0.2) is 25.0 Å². The maximum absolute atomic E-state index is 12.2. The molecule has 0 spiro atoms. The Kier molecular flexibility index (Phi) is 5.42. The number of amides is 1. The fourth-order valence-electron chi connectivity index (χ4n) is 2.96. The number of nitrogens with zero attached hydrogens (tertiary/aromatic N) is 1. The van der Waals surface area contributed by atoms with Gasteiger partial charge in [-0.2, -0.15) is 5.10 Å². The van der Waals surface area contributed by atoms with E-state index in [0.717, 1.165) is 16.7 Å². The van der Waals surface area contributed by atoms with Gasteiger partial charge >= 0.3 is 0 Å². The lowest BCUT2D eigenvalue weighted by atomic mass is 10.1. The lowest BCUT2D eigenvalue weighted by Gasteiger charge is -2.11. The van der Waals surface area contributed by atoms with E-state index in [2.05, 4.69) is 10.5 Å². The van der Waals surface area contributed by atoms with Crippen molar-refractivity contribution in [2.45, 2.75) is 6.92 Å². The van der Waals surface area contributed by atoms with Gasteiger partial charge in [-0.05, 0) is 36.8 Å². The van der Waals surface area contributed by atoms with E-state index in [4.69, 9.17) is 14.2 Å². The van der Waals surface area contributed by atoms with Gasteiger partial charge in [0.25, 0.3) is 5.91 Å². The summed E-state index contributed by atoms with van der Waals surface area (Å²) < 4.78 is 16.4. The van der Waals surface area contributed by atoms with Crippen LogP contribution in [0.1, 0.15) is 12.5 Å². The summed E-state index contributed by atoms with van der Waals surface area (Å²) in [4.78, 5) is 12.2. The Balaban J connectivity index is 1.38. The number of fused-ring (bicyclic) bond motifs is 1. The van der Waals surface area contributed by atoms with Crippen LogP contribution in [0, 0.1) is 0 Å². The Hall–Kier alpha value is -3.80. The molecule has 1 heterocycles. The average molecular weight is 388 g/mol. The number of benzene rings is 3. The van der Waals surface area contributed by atoms with Crippen LogP contribution in [0.2, 0.25) is 0 Å². The van der Waals surface area contributed by atoms with Crippen molar-refractivity contribution in [2.24, 2.45) is 5.10 Å². The van der Waals surface area contributed by atoms with E-state index in [9.17, 15) is 4.79 Å². The van der Waals surface area contributed by atoms with Crippen LogP contribution < -0.4 is 19.6 Å². The molecule has 1 amide bonds. The van der Waals surface area contributed by atoms with Gasteiger partial charge in [0, 0.05) is 11.1 Å². The molecule has 6 heteroatoms. The third-order valence-electron chi connectivity index (χ3n) is 4.47. The molecule has 0 saturated carbocycles. The third kappa shape index (κ3) is 4.38. The van der Waals surface area contributed by atoms with Crippen LogP contribution in [0.3, 0.4) is 0 Å². The number of hydrogen-bond acceptors (Lipinski definition) is 5. The molecule has 0 atom stereocenters. The first kappa shape index (κ1) is 18.6. The Morgan fingerprint density at radius 3 is 2.62 bits per heavy atom. The molecule has 146 valence electrons. The van der Waals surface area contributed by atoms with Gasteiger partial charge in [-0.25, -0.2) is 5.43 Å². The van der Waals surface area contributed by atoms with Gasteiger partial charge in [0.2, 0.25) is 6.79 Å². The van der Waals surface area contributed by atoms with Gasteiger partial charge < -0.3 is 14.2 Å². The predicted molar refractivity (Wildman–Crippen MR) is 110 cm³/mol. The van der Waals surface area contributed by atoms with Crippen molar-refractivity contribution < 1.29 is 19.0 Å². The Bertz CT molecular complexity index is 1050. The van der Waals surface area contributed by atoms with Gasteiger partial charge in [-0.15, -0.1) is 0 Å². The first-order valence-electron chi connectivity index (χ1n) is 9.21. The SMILES string of the molecule is C/C(=N/NC(=O)COc1ccccc1-c1ccccc1)c1ccc2c(c1)OCO2. The summed E-state index contributed by atoms with van der Waals surface area (Å²) >= 11 is 0. The van der Waals surface area contributed by atoms with Crippen LogP contribution in [-0.2, 0) is 4.79 Å². The minimum absolute atomic E-state index is 0.137. The molecule has 1 N–H and O–H groups in total. The second-order valence-corrected chi connectivity index (χ2v) is 6.45. The lowest BCUT2D eigenvalue weighted by Crippen LogP contribution is -2.25. The summed E-state index contributed by atoms with van der Waals surface area (Å²) in [7, 11) is 0. The number of hydrogen-bond donors (Lipinski definition) is 1. The smallest absolute Gasteiger partial charge is 0.277 e. The lowest BCUT2D eigenvalue weighted by molar-refractivity contribution is -0.123. The van der Waals surface area contributed by atoms with E-state index in [1.54, 1.807) is 0 Å². The highest BCUT2D eigenvalue weighted by molar-refractivity contribution is 5.99. The Morgan fingerprint density at radius 2 is 1.76 bits per heavy atom. The van der Waals surface area contributed by atoms with E-state index in [1.165, 1.54) is 0 Å². The predicted octanol–water partition coefficient (Wildman–Crippen LogP) is 4.00. The number of rotatable bonds is 6. The van der Waals surface area contributed by atoms with Crippen molar-refractivity contribution >= 4 is 11.6 Å². The number of para-hydroxylation sites is 1. The molecule has 3 aromatic carbocycles. The maximum atomic E-state index is 12.2. The molecular weight excluding hydrogens is 368 g/mol. The molecule has 3 aromatic rings. The summed E-state index contributed by atoms with van der Waals surface area (Å²) in [5.74, 6) is 1.68. The fraction of sp³-hybridized carbons (Fsp3) is 0.130. The topological polar surface area (TPSA) is 69.2 Å². The van der Waals surface area contributed by atoms with E-state index < -0.39 is 0 Å². The van der Waals surface area contributed by atoms with Crippen molar-refractivity contribution in [1.82, 2.24) is 5.43 Å². The third-order valence-corrected chi connectivity index (χ3v) is 4.47. The summed E-state index contributed by atoms with van der Waals surface area (Å²) in [5.41, 5.74) is 5.98. The molecule has 4 rings (SSSR count). The molecular formula is C23H20N2O4. The zero-order valence-corrected chi connectivity index (χ0v) is 15.9. The fourth-order valence-corrected chi connectivity index (χ4v) is 2.96. The largest absolute Gasteiger partial charge is 0.483 e. The van der Waals surface area contributed by atoms with Gasteiger partial charge in [-0.3, -0.25) is 4.79 Å². The summed E-state index contributed by atoms with van der Waals surface area (Å²) in [6.45, 7) is 1.89.